The van der Waals surface area contributed by atoms with Crippen LogP contribution in [0.15, 0.2) is 18.2 Å². The summed E-state index contributed by atoms with van der Waals surface area (Å²) in [6.45, 7) is 7.00. The SMILES string of the molecule is COc1cccc2c1C(C(C)(C)C)CCC2. The van der Waals surface area contributed by atoms with Crippen molar-refractivity contribution >= 4 is 0 Å². The van der Waals surface area contributed by atoms with Gasteiger partial charge in [-0.25, -0.2) is 0 Å². The van der Waals surface area contributed by atoms with Crippen LogP contribution >= 0.6 is 0 Å². The number of fused-ring (bicyclic) bond motifs is 1. The third kappa shape index (κ3) is 1.95. The van der Waals surface area contributed by atoms with Crippen LogP contribution in [0.25, 0.3) is 0 Å². The van der Waals surface area contributed by atoms with Gasteiger partial charge in [0.1, 0.15) is 5.75 Å². The lowest BCUT2D eigenvalue weighted by atomic mass is 9.69. The Morgan fingerprint density at radius 3 is 2.62 bits per heavy atom. The second-order valence-electron chi connectivity index (χ2n) is 5.84. The van der Waals surface area contributed by atoms with Crippen molar-refractivity contribution < 1.29 is 4.74 Å². The van der Waals surface area contributed by atoms with E-state index in [1.165, 1.54) is 30.4 Å². The molecule has 0 amide bonds. The van der Waals surface area contributed by atoms with Crippen molar-refractivity contribution in [3.63, 3.8) is 0 Å². The largest absolute Gasteiger partial charge is 0.496 e. The molecule has 0 saturated heterocycles. The van der Waals surface area contributed by atoms with Gasteiger partial charge in [-0.1, -0.05) is 32.9 Å². The molecule has 1 heteroatoms. The summed E-state index contributed by atoms with van der Waals surface area (Å²) in [6, 6.07) is 6.47. The number of hydrogen-bond acceptors (Lipinski definition) is 1. The molecule has 2 rings (SSSR count). The molecule has 0 spiro atoms. The minimum atomic E-state index is 0.323. The fourth-order valence-electron chi connectivity index (χ4n) is 2.89. The van der Waals surface area contributed by atoms with Gasteiger partial charge in [0.25, 0.3) is 0 Å². The molecule has 1 unspecified atom stereocenters. The standard InChI is InChI=1S/C15H22O/c1-15(2,3)12-9-5-7-11-8-6-10-13(16-4)14(11)12/h6,8,10,12H,5,7,9H2,1-4H3. The molecule has 0 saturated carbocycles. The smallest absolute Gasteiger partial charge is 0.122 e. The highest BCUT2D eigenvalue weighted by molar-refractivity contribution is 5.45. The molecule has 88 valence electrons. The van der Waals surface area contributed by atoms with Gasteiger partial charge >= 0.3 is 0 Å². The average molecular weight is 218 g/mol. The van der Waals surface area contributed by atoms with Gasteiger partial charge in [0.05, 0.1) is 7.11 Å². The molecule has 0 N–H and O–H groups in total. The Morgan fingerprint density at radius 2 is 2.00 bits per heavy atom. The summed E-state index contributed by atoms with van der Waals surface area (Å²) in [5.74, 6) is 1.71. The Kier molecular flexibility index (Phi) is 2.96. The summed E-state index contributed by atoms with van der Waals surface area (Å²) in [5.41, 5.74) is 3.28. The van der Waals surface area contributed by atoms with Crippen LogP contribution in [0.1, 0.15) is 50.7 Å². The Labute approximate surface area is 98.8 Å². The molecule has 1 atom stereocenters. The van der Waals surface area contributed by atoms with Crippen LogP contribution in [0.5, 0.6) is 5.75 Å². The maximum Gasteiger partial charge on any atom is 0.122 e. The van der Waals surface area contributed by atoms with Crippen molar-refractivity contribution in [2.45, 2.75) is 46.0 Å². The van der Waals surface area contributed by atoms with Crippen molar-refractivity contribution in [2.75, 3.05) is 7.11 Å². The van der Waals surface area contributed by atoms with Crippen LogP contribution in [-0.2, 0) is 6.42 Å². The zero-order valence-electron chi connectivity index (χ0n) is 10.8. The highest BCUT2D eigenvalue weighted by atomic mass is 16.5. The number of benzene rings is 1. The first kappa shape index (κ1) is 11.5. The van der Waals surface area contributed by atoms with Gasteiger partial charge in [0.15, 0.2) is 0 Å². The summed E-state index contributed by atoms with van der Waals surface area (Å²) >= 11 is 0. The third-order valence-corrected chi connectivity index (χ3v) is 3.71. The van der Waals surface area contributed by atoms with Crippen LogP contribution in [0.3, 0.4) is 0 Å². The van der Waals surface area contributed by atoms with E-state index in [-0.39, 0.29) is 0 Å². The van der Waals surface area contributed by atoms with Gasteiger partial charge in [-0.15, -0.1) is 0 Å². The van der Waals surface area contributed by atoms with Gasteiger partial charge in [0, 0.05) is 5.56 Å². The predicted molar refractivity (Wildman–Crippen MR) is 68.1 cm³/mol. The van der Waals surface area contributed by atoms with E-state index in [1.807, 2.05) is 0 Å². The average Bonchev–Trinajstić information content (AvgIpc) is 2.26. The van der Waals surface area contributed by atoms with E-state index in [0.717, 1.165) is 5.75 Å². The summed E-state index contributed by atoms with van der Waals surface area (Å²) in [5, 5.41) is 0. The molecule has 1 aliphatic carbocycles. The van der Waals surface area contributed by atoms with Crippen LogP contribution in [-0.4, -0.2) is 7.11 Å². The van der Waals surface area contributed by atoms with E-state index in [9.17, 15) is 0 Å². The molecule has 0 aromatic heterocycles. The number of hydrogen-bond donors (Lipinski definition) is 0. The van der Waals surface area contributed by atoms with E-state index in [1.54, 1.807) is 7.11 Å². The lowest BCUT2D eigenvalue weighted by molar-refractivity contribution is 0.279. The number of aryl methyl sites for hydroxylation is 1. The Hall–Kier alpha value is -0.980. The van der Waals surface area contributed by atoms with Gasteiger partial charge in [-0.2, -0.15) is 0 Å². The molecule has 0 aliphatic heterocycles. The number of ether oxygens (including phenoxy) is 1. The van der Waals surface area contributed by atoms with Crippen molar-refractivity contribution in [1.82, 2.24) is 0 Å². The van der Waals surface area contributed by atoms with E-state index in [4.69, 9.17) is 4.74 Å². The molecule has 1 aliphatic rings. The molecule has 0 radical (unpaired) electrons. The first-order valence-corrected chi connectivity index (χ1v) is 6.20. The van der Waals surface area contributed by atoms with Crippen LogP contribution in [0, 0.1) is 5.41 Å². The van der Waals surface area contributed by atoms with Gasteiger partial charge in [-0.05, 0) is 42.2 Å². The van der Waals surface area contributed by atoms with Crippen molar-refractivity contribution in [1.29, 1.82) is 0 Å². The third-order valence-electron chi connectivity index (χ3n) is 3.71. The van der Waals surface area contributed by atoms with Crippen LogP contribution in [0.2, 0.25) is 0 Å². The highest BCUT2D eigenvalue weighted by Crippen LogP contribution is 2.46. The lowest BCUT2D eigenvalue weighted by Crippen LogP contribution is -2.23. The van der Waals surface area contributed by atoms with Crippen molar-refractivity contribution in [3.8, 4) is 5.75 Å². The zero-order valence-corrected chi connectivity index (χ0v) is 10.8. The summed E-state index contributed by atoms with van der Waals surface area (Å²) in [4.78, 5) is 0. The highest BCUT2D eigenvalue weighted by Gasteiger charge is 2.32. The number of methoxy groups -OCH3 is 1. The molecule has 0 fully saturated rings. The van der Waals surface area contributed by atoms with E-state index in [0.29, 0.717) is 11.3 Å². The molecular formula is C15H22O. The topological polar surface area (TPSA) is 9.23 Å². The monoisotopic (exact) mass is 218 g/mol. The summed E-state index contributed by atoms with van der Waals surface area (Å²) in [7, 11) is 1.78. The molecule has 0 heterocycles. The fraction of sp³-hybridized carbons (Fsp3) is 0.600. The normalized spacial score (nSPS) is 20.4. The van der Waals surface area contributed by atoms with Crippen molar-refractivity contribution in [3.05, 3.63) is 29.3 Å². The Bertz CT molecular complexity index is 359. The maximum absolute atomic E-state index is 5.54. The van der Waals surface area contributed by atoms with E-state index in [2.05, 4.69) is 39.0 Å². The van der Waals surface area contributed by atoms with Crippen LogP contribution < -0.4 is 4.74 Å². The number of rotatable bonds is 1. The second-order valence-corrected chi connectivity index (χ2v) is 5.84. The maximum atomic E-state index is 5.54. The first-order chi connectivity index (χ1) is 7.54. The minimum Gasteiger partial charge on any atom is -0.496 e. The predicted octanol–water partition coefficient (Wildman–Crippen LogP) is 4.16. The van der Waals surface area contributed by atoms with E-state index >= 15 is 0 Å². The van der Waals surface area contributed by atoms with Gasteiger partial charge < -0.3 is 4.74 Å². The Balaban J connectivity index is 2.51. The summed E-state index contributed by atoms with van der Waals surface area (Å²) < 4.78 is 5.54. The molecular weight excluding hydrogens is 196 g/mol. The van der Waals surface area contributed by atoms with Gasteiger partial charge in [0.2, 0.25) is 0 Å². The molecule has 0 bridgehead atoms. The second kappa shape index (κ2) is 4.12. The van der Waals surface area contributed by atoms with Crippen molar-refractivity contribution in [2.24, 2.45) is 5.41 Å². The van der Waals surface area contributed by atoms with Crippen LogP contribution in [0.4, 0.5) is 0 Å². The lowest BCUT2D eigenvalue weighted by Gasteiger charge is -2.36. The zero-order chi connectivity index (χ0) is 11.8. The fourth-order valence-corrected chi connectivity index (χ4v) is 2.89. The first-order valence-electron chi connectivity index (χ1n) is 6.20. The minimum absolute atomic E-state index is 0.323. The van der Waals surface area contributed by atoms with Gasteiger partial charge in [-0.3, -0.25) is 0 Å². The molecule has 1 nitrogen and oxygen atoms in total. The molecule has 1 aromatic carbocycles. The summed E-state index contributed by atoms with van der Waals surface area (Å²) in [6.07, 6.45) is 3.80. The van der Waals surface area contributed by atoms with E-state index < -0.39 is 0 Å². The quantitative estimate of drug-likeness (QED) is 0.687. The Morgan fingerprint density at radius 1 is 1.25 bits per heavy atom. The molecule has 1 aromatic rings. The molecule has 16 heavy (non-hydrogen) atoms.